The summed E-state index contributed by atoms with van der Waals surface area (Å²) in [7, 11) is 0. The summed E-state index contributed by atoms with van der Waals surface area (Å²) >= 11 is 0. The number of unbranched alkanes of at least 4 members (excludes halogenated alkanes) is 1. The Morgan fingerprint density at radius 3 is 2.55 bits per heavy atom. The molecule has 0 aromatic heterocycles. The van der Waals surface area contributed by atoms with Crippen LogP contribution in [-0.4, -0.2) is 33.5 Å². The van der Waals surface area contributed by atoms with E-state index in [-0.39, 0.29) is 24.5 Å². The van der Waals surface area contributed by atoms with Crippen molar-refractivity contribution >= 4 is 5.97 Å². The molecule has 0 aliphatic heterocycles. The van der Waals surface area contributed by atoms with Crippen LogP contribution in [0.5, 0.6) is 0 Å². The number of hydrogen-bond acceptors (Lipinski definition) is 3. The summed E-state index contributed by atoms with van der Waals surface area (Å²) in [5, 5.41) is 29.3. The van der Waals surface area contributed by atoms with Crippen LogP contribution < -0.4 is 0 Å². The van der Waals surface area contributed by atoms with Gasteiger partial charge in [0.1, 0.15) is 0 Å². The second-order valence-corrected chi connectivity index (χ2v) is 7.82. The molecule has 1 saturated carbocycles. The Labute approximate surface area is 176 Å². The fraction of sp³-hybridized carbons (Fsp3) is 0.640. The molecule has 1 aliphatic rings. The molecule has 0 heterocycles. The van der Waals surface area contributed by atoms with Gasteiger partial charge in [0.05, 0.1) is 12.2 Å². The molecular weight excluding hydrogens is 364 g/mol. The Balaban J connectivity index is 0.00000204. The molecule has 1 aromatic carbocycles. The van der Waals surface area contributed by atoms with E-state index in [0.29, 0.717) is 12.3 Å². The zero-order valence-electron chi connectivity index (χ0n) is 18.2. The number of aliphatic hydroxyl groups is 2. The van der Waals surface area contributed by atoms with E-state index in [2.05, 4.69) is 24.3 Å². The third-order valence-corrected chi connectivity index (χ3v) is 5.74. The number of hydrogen-bond donors (Lipinski definition) is 3. The van der Waals surface area contributed by atoms with Gasteiger partial charge in [0.2, 0.25) is 0 Å². The third-order valence-electron chi connectivity index (χ3n) is 5.74. The second kappa shape index (κ2) is 15.2. The predicted molar refractivity (Wildman–Crippen MR) is 119 cm³/mol. The van der Waals surface area contributed by atoms with Crippen LogP contribution in [0.3, 0.4) is 0 Å². The quantitative estimate of drug-likeness (QED) is 0.323. The second-order valence-electron chi connectivity index (χ2n) is 7.82. The minimum atomic E-state index is -0.742. The molecule has 0 amide bonds. The molecule has 4 heteroatoms. The highest BCUT2D eigenvalue weighted by molar-refractivity contribution is 5.66. The van der Waals surface area contributed by atoms with Crippen molar-refractivity contribution in [2.45, 2.75) is 90.3 Å². The van der Waals surface area contributed by atoms with Gasteiger partial charge in [-0.3, -0.25) is 4.79 Å². The standard InChI is InChI=1S/C23H34O4.C2H6/c24-20(14-12-18-8-4-3-5-9-18)15-16-21-19(13-17-22(21)25)10-6-1-2-7-11-23(26)27;1-2/h1,3-6,8-9,19-22,24-25H,2,7,10-17H2,(H,26,27);1-2H3/b6-1-;/t19-,20-,21?,22+;/m0./s1. The van der Waals surface area contributed by atoms with Crippen LogP contribution in [0, 0.1) is 11.8 Å². The molecule has 1 aromatic rings. The first kappa shape index (κ1) is 25.4. The Morgan fingerprint density at radius 1 is 1.14 bits per heavy atom. The van der Waals surface area contributed by atoms with Crippen molar-refractivity contribution in [2.75, 3.05) is 0 Å². The zero-order valence-corrected chi connectivity index (χ0v) is 18.2. The largest absolute Gasteiger partial charge is 0.481 e. The van der Waals surface area contributed by atoms with Crippen LogP contribution in [0.15, 0.2) is 42.5 Å². The van der Waals surface area contributed by atoms with Crippen molar-refractivity contribution in [3.63, 3.8) is 0 Å². The summed E-state index contributed by atoms with van der Waals surface area (Å²) in [4.78, 5) is 10.5. The van der Waals surface area contributed by atoms with Crippen LogP contribution in [0.2, 0.25) is 0 Å². The summed E-state index contributed by atoms with van der Waals surface area (Å²) in [6.45, 7) is 4.00. The topological polar surface area (TPSA) is 77.8 Å². The van der Waals surface area contributed by atoms with Gasteiger partial charge in [-0.2, -0.15) is 0 Å². The van der Waals surface area contributed by atoms with Crippen LogP contribution in [0.25, 0.3) is 0 Å². The lowest BCUT2D eigenvalue weighted by molar-refractivity contribution is -0.137. The molecule has 3 N–H and O–H groups in total. The highest BCUT2D eigenvalue weighted by Gasteiger charge is 2.33. The number of aryl methyl sites for hydroxylation is 1. The lowest BCUT2D eigenvalue weighted by Gasteiger charge is -2.22. The number of benzene rings is 1. The van der Waals surface area contributed by atoms with Crippen LogP contribution in [0.1, 0.15) is 77.2 Å². The van der Waals surface area contributed by atoms with Gasteiger partial charge in [-0.1, -0.05) is 56.3 Å². The van der Waals surface area contributed by atoms with E-state index < -0.39 is 5.97 Å². The number of aliphatic hydroxyl groups excluding tert-OH is 2. The first-order valence-electron chi connectivity index (χ1n) is 11.3. The molecular formula is C25H40O4. The fourth-order valence-electron chi connectivity index (χ4n) is 4.12. The van der Waals surface area contributed by atoms with Crippen LogP contribution >= 0.6 is 0 Å². The highest BCUT2D eigenvalue weighted by atomic mass is 16.4. The first-order valence-corrected chi connectivity index (χ1v) is 11.3. The van der Waals surface area contributed by atoms with Gasteiger partial charge in [0, 0.05) is 6.42 Å². The molecule has 0 spiro atoms. The van der Waals surface area contributed by atoms with Crippen LogP contribution in [-0.2, 0) is 11.2 Å². The Bertz CT molecular complexity index is 569. The number of allylic oxidation sites excluding steroid dienone is 2. The smallest absolute Gasteiger partial charge is 0.303 e. The zero-order chi connectivity index (χ0) is 21.5. The van der Waals surface area contributed by atoms with Crippen LogP contribution in [0.4, 0.5) is 0 Å². The molecule has 29 heavy (non-hydrogen) atoms. The van der Waals surface area contributed by atoms with E-state index in [1.165, 1.54) is 5.56 Å². The molecule has 4 atom stereocenters. The average Bonchev–Trinajstić information content (AvgIpc) is 3.09. The Morgan fingerprint density at radius 2 is 1.86 bits per heavy atom. The van der Waals surface area contributed by atoms with Gasteiger partial charge in [0.25, 0.3) is 0 Å². The molecule has 2 rings (SSSR count). The van der Waals surface area contributed by atoms with Gasteiger partial charge in [0.15, 0.2) is 0 Å². The monoisotopic (exact) mass is 404 g/mol. The lowest BCUT2D eigenvalue weighted by Crippen LogP contribution is -2.21. The summed E-state index contributed by atoms with van der Waals surface area (Å²) < 4.78 is 0. The minimum absolute atomic E-state index is 0.218. The highest BCUT2D eigenvalue weighted by Crippen LogP contribution is 2.38. The van der Waals surface area contributed by atoms with E-state index in [0.717, 1.165) is 51.4 Å². The number of carboxylic acids is 1. The number of carboxylic acid groups (broad SMARTS) is 1. The van der Waals surface area contributed by atoms with E-state index in [9.17, 15) is 15.0 Å². The Kier molecular flexibility index (Phi) is 13.3. The lowest BCUT2D eigenvalue weighted by atomic mass is 9.86. The van der Waals surface area contributed by atoms with Gasteiger partial charge >= 0.3 is 5.97 Å². The van der Waals surface area contributed by atoms with Crippen molar-refractivity contribution < 1.29 is 20.1 Å². The average molecular weight is 405 g/mol. The van der Waals surface area contributed by atoms with Gasteiger partial charge in [-0.15, -0.1) is 0 Å². The molecule has 0 saturated heterocycles. The maximum absolute atomic E-state index is 10.5. The molecule has 164 valence electrons. The fourth-order valence-corrected chi connectivity index (χ4v) is 4.12. The number of aliphatic carboxylic acids is 1. The van der Waals surface area contributed by atoms with E-state index in [1.807, 2.05) is 32.0 Å². The van der Waals surface area contributed by atoms with Crippen molar-refractivity contribution in [1.29, 1.82) is 0 Å². The number of rotatable bonds is 12. The van der Waals surface area contributed by atoms with Crippen molar-refractivity contribution in [3.8, 4) is 0 Å². The van der Waals surface area contributed by atoms with Gasteiger partial charge < -0.3 is 15.3 Å². The normalized spacial score (nSPS) is 22.3. The molecule has 1 unspecified atom stereocenters. The van der Waals surface area contributed by atoms with Crippen molar-refractivity contribution in [3.05, 3.63) is 48.0 Å². The van der Waals surface area contributed by atoms with E-state index in [4.69, 9.17) is 5.11 Å². The molecule has 1 aliphatic carbocycles. The van der Waals surface area contributed by atoms with Crippen molar-refractivity contribution in [2.24, 2.45) is 11.8 Å². The Hall–Kier alpha value is -1.65. The molecule has 4 nitrogen and oxygen atoms in total. The van der Waals surface area contributed by atoms with E-state index >= 15 is 0 Å². The van der Waals surface area contributed by atoms with Crippen molar-refractivity contribution in [1.82, 2.24) is 0 Å². The molecule has 0 bridgehead atoms. The van der Waals surface area contributed by atoms with E-state index in [1.54, 1.807) is 0 Å². The first-order chi connectivity index (χ1) is 14.1. The summed E-state index contributed by atoms with van der Waals surface area (Å²) in [6, 6.07) is 10.2. The van der Waals surface area contributed by atoms with Gasteiger partial charge in [-0.05, 0) is 75.2 Å². The minimum Gasteiger partial charge on any atom is -0.481 e. The molecule has 1 fully saturated rings. The SMILES string of the molecule is CC.O=C(O)CCC/C=C\C[C@H]1CC[C@@H](O)C1CC[C@@H](O)CCc1ccccc1. The number of carbonyl (C=O) groups is 1. The predicted octanol–water partition coefficient (Wildman–Crippen LogP) is 5.37. The third kappa shape index (κ3) is 10.6. The maximum Gasteiger partial charge on any atom is 0.303 e. The summed E-state index contributed by atoms with van der Waals surface area (Å²) in [5.41, 5.74) is 1.25. The summed E-state index contributed by atoms with van der Waals surface area (Å²) in [6.07, 6.45) is 11.4. The summed E-state index contributed by atoms with van der Waals surface area (Å²) in [5.74, 6) is -0.00899. The molecule has 0 radical (unpaired) electrons. The maximum atomic E-state index is 10.5. The van der Waals surface area contributed by atoms with Gasteiger partial charge in [-0.25, -0.2) is 0 Å².